The predicted molar refractivity (Wildman–Crippen MR) is 78.5 cm³/mol. The first kappa shape index (κ1) is 13.8. The molecule has 2 heterocycles. The molecular weight excluding hydrogens is 240 g/mol. The summed E-state index contributed by atoms with van der Waals surface area (Å²) in [5, 5.41) is 0. The molecule has 6 heteroatoms. The highest BCUT2D eigenvalue weighted by Crippen LogP contribution is 2.18. The van der Waals surface area contributed by atoms with Gasteiger partial charge in [-0.15, -0.1) is 0 Å². The molecule has 6 nitrogen and oxygen atoms in total. The van der Waals surface area contributed by atoms with Gasteiger partial charge in [-0.25, -0.2) is 0 Å². The monoisotopic (exact) mass is 264 g/mol. The third kappa shape index (κ3) is 3.68. The van der Waals surface area contributed by atoms with Crippen molar-refractivity contribution in [1.29, 1.82) is 0 Å². The maximum atomic E-state index is 5.82. The third-order valence-electron chi connectivity index (χ3n) is 3.46. The maximum absolute atomic E-state index is 5.82. The van der Waals surface area contributed by atoms with Gasteiger partial charge in [-0.2, -0.15) is 15.0 Å². The van der Waals surface area contributed by atoms with Crippen LogP contribution in [-0.4, -0.2) is 41.6 Å². The van der Waals surface area contributed by atoms with Crippen molar-refractivity contribution in [2.24, 2.45) is 0 Å². The third-order valence-corrected chi connectivity index (χ3v) is 3.46. The Morgan fingerprint density at radius 1 is 1.16 bits per heavy atom. The van der Waals surface area contributed by atoms with Crippen LogP contribution < -0.4 is 15.5 Å². The molecule has 106 valence electrons. The molecule has 1 aliphatic rings. The van der Waals surface area contributed by atoms with Gasteiger partial charge in [-0.1, -0.05) is 13.3 Å². The summed E-state index contributed by atoms with van der Waals surface area (Å²) < 4.78 is 0. The highest BCUT2D eigenvalue weighted by Gasteiger charge is 2.16. The van der Waals surface area contributed by atoms with E-state index in [2.05, 4.69) is 31.7 Å². The average Bonchev–Trinajstić information content (AvgIpc) is 2.45. The Hall–Kier alpha value is -1.59. The molecule has 1 aliphatic heterocycles. The summed E-state index contributed by atoms with van der Waals surface area (Å²) >= 11 is 0. The van der Waals surface area contributed by atoms with E-state index < -0.39 is 0 Å². The summed E-state index contributed by atoms with van der Waals surface area (Å²) in [6.45, 7) is 5.15. The minimum atomic E-state index is 0.314. The van der Waals surface area contributed by atoms with Crippen molar-refractivity contribution < 1.29 is 0 Å². The largest absolute Gasteiger partial charge is 0.368 e. The highest BCUT2D eigenvalue weighted by atomic mass is 15.3. The standard InChI is InChI=1S/C13H24N6/c1-3-4-8-18(2)12-15-11(14)16-13(17-12)19-9-6-5-7-10-19/h3-10H2,1-2H3,(H2,14,15,16,17). The number of piperidine rings is 1. The van der Waals surface area contributed by atoms with Gasteiger partial charge in [-0.3, -0.25) is 0 Å². The number of aromatic nitrogens is 3. The summed E-state index contributed by atoms with van der Waals surface area (Å²) in [7, 11) is 2.00. The summed E-state index contributed by atoms with van der Waals surface area (Å²) in [6, 6.07) is 0. The molecule has 0 aromatic carbocycles. The smallest absolute Gasteiger partial charge is 0.231 e. The zero-order valence-corrected chi connectivity index (χ0v) is 12.0. The van der Waals surface area contributed by atoms with Crippen LogP contribution in [0.15, 0.2) is 0 Å². The van der Waals surface area contributed by atoms with Gasteiger partial charge < -0.3 is 15.5 Å². The number of nitrogens with zero attached hydrogens (tertiary/aromatic N) is 5. The Labute approximate surface area is 115 Å². The van der Waals surface area contributed by atoms with Gasteiger partial charge in [-0.05, 0) is 25.7 Å². The van der Waals surface area contributed by atoms with Crippen molar-refractivity contribution in [3.8, 4) is 0 Å². The Morgan fingerprint density at radius 2 is 1.89 bits per heavy atom. The van der Waals surface area contributed by atoms with Crippen LogP contribution in [0.2, 0.25) is 0 Å². The topological polar surface area (TPSA) is 71.2 Å². The van der Waals surface area contributed by atoms with Crippen molar-refractivity contribution >= 4 is 17.8 Å². The Kier molecular flexibility index (Phi) is 4.76. The molecule has 1 saturated heterocycles. The van der Waals surface area contributed by atoms with Crippen molar-refractivity contribution in [2.75, 3.05) is 42.2 Å². The molecule has 19 heavy (non-hydrogen) atoms. The fourth-order valence-electron chi connectivity index (χ4n) is 2.27. The van der Waals surface area contributed by atoms with E-state index >= 15 is 0 Å². The normalized spacial score (nSPS) is 15.6. The fraction of sp³-hybridized carbons (Fsp3) is 0.769. The first-order chi connectivity index (χ1) is 9.20. The Balaban J connectivity index is 2.13. The first-order valence-electron chi connectivity index (χ1n) is 7.18. The van der Waals surface area contributed by atoms with Crippen LogP contribution in [0.25, 0.3) is 0 Å². The fourth-order valence-corrected chi connectivity index (χ4v) is 2.27. The van der Waals surface area contributed by atoms with Gasteiger partial charge in [0.1, 0.15) is 0 Å². The van der Waals surface area contributed by atoms with E-state index in [-0.39, 0.29) is 0 Å². The van der Waals surface area contributed by atoms with Crippen LogP contribution in [0, 0.1) is 0 Å². The van der Waals surface area contributed by atoms with Crippen LogP contribution in [-0.2, 0) is 0 Å². The Bertz CT molecular complexity index is 402. The molecule has 2 rings (SSSR count). The quantitative estimate of drug-likeness (QED) is 0.872. The van der Waals surface area contributed by atoms with Gasteiger partial charge >= 0.3 is 0 Å². The Morgan fingerprint density at radius 3 is 2.58 bits per heavy atom. The molecule has 1 aromatic heterocycles. The molecule has 1 aromatic rings. The second kappa shape index (κ2) is 6.54. The minimum Gasteiger partial charge on any atom is -0.368 e. The lowest BCUT2D eigenvalue weighted by Gasteiger charge is -2.27. The lowest BCUT2D eigenvalue weighted by atomic mass is 10.1. The molecule has 0 atom stereocenters. The van der Waals surface area contributed by atoms with Crippen LogP contribution in [0.1, 0.15) is 39.0 Å². The molecule has 0 unspecified atom stereocenters. The summed E-state index contributed by atoms with van der Waals surface area (Å²) in [6.07, 6.45) is 5.98. The molecule has 0 amide bonds. The zero-order chi connectivity index (χ0) is 13.7. The number of hydrogen-bond acceptors (Lipinski definition) is 6. The van der Waals surface area contributed by atoms with Crippen molar-refractivity contribution in [3.05, 3.63) is 0 Å². The number of nitrogens with two attached hydrogens (primary N) is 1. The summed E-state index contributed by atoms with van der Waals surface area (Å²) in [4.78, 5) is 17.3. The van der Waals surface area contributed by atoms with E-state index in [1.54, 1.807) is 0 Å². The lowest BCUT2D eigenvalue weighted by molar-refractivity contribution is 0.567. The van der Waals surface area contributed by atoms with Crippen molar-refractivity contribution in [2.45, 2.75) is 39.0 Å². The second-order valence-electron chi connectivity index (χ2n) is 5.12. The molecule has 2 N–H and O–H groups in total. The SMILES string of the molecule is CCCCN(C)c1nc(N)nc(N2CCCCC2)n1. The number of nitrogen functional groups attached to an aromatic ring is 1. The number of anilines is 3. The van der Waals surface area contributed by atoms with Crippen molar-refractivity contribution in [3.63, 3.8) is 0 Å². The van der Waals surface area contributed by atoms with Gasteiger partial charge in [0.25, 0.3) is 0 Å². The predicted octanol–water partition coefficient (Wildman–Crippen LogP) is 1.68. The van der Waals surface area contributed by atoms with E-state index in [0.717, 1.165) is 38.4 Å². The van der Waals surface area contributed by atoms with Gasteiger partial charge in [0, 0.05) is 26.7 Å². The van der Waals surface area contributed by atoms with E-state index in [1.807, 2.05) is 7.05 Å². The molecule has 0 bridgehead atoms. The second-order valence-corrected chi connectivity index (χ2v) is 5.12. The van der Waals surface area contributed by atoms with Crippen molar-refractivity contribution in [1.82, 2.24) is 15.0 Å². The van der Waals surface area contributed by atoms with E-state index in [9.17, 15) is 0 Å². The van der Waals surface area contributed by atoms with Gasteiger partial charge in [0.15, 0.2) is 0 Å². The molecule has 0 saturated carbocycles. The molecular formula is C13H24N6. The van der Waals surface area contributed by atoms with Crippen LogP contribution in [0.5, 0.6) is 0 Å². The summed E-state index contributed by atoms with van der Waals surface area (Å²) in [5.41, 5.74) is 5.82. The molecule has 0 radical (unpaired) electrons. The van der Waals surface area contributed by atoms with E-state index in [4.69, 9.17) is 5.73 Å². The lowest BCUT2D eigenvalue weighted by Crippen LogP contribution is -2.32. The molecule has 1 fully saturated rings. The number of hydrogen-bond donors (Lipinski definition) is 1. The van der Waals surface area contributed by atoms with Crippen LogP contribution in [0.3, 0.4) is 0 Å². The molecule has 0 aliphatic carbocycles. The van der Waals surface area contributed by atoms with Gasteiger partial charge in [0.05, 0.1) is 0 Å². The number of unbranched alkanes of at least 4 members (excludes halogenated alkanes) is 1. The highest BCUT2D eigenvalue weighted by molar-refractivity contribution is 5.43. The van der Waals surface area contributed by atoms with Crippen LogP contribution >= 0.6 is 0 Å². The van der Waals surface area contributed by atoms with E-state index in [0.29, 0.717) is 11.9 Å². The average molecular weight is 264 g/mol. The van der Waals surface area contributed by atoms with E-state index in [1.165, 1.54) is 19.3 Å². The maximum Gasteiger partial charge on any atom is 0.231 e. The van der Waals surface area contributed by atoms with Gasteiger partial charge in [0.2, 0.25) is 17.8 Å². The number of rotatable bonds is 5. The molecule has 0 spiro atoms. The minimum absolute atomic E-state index is 0.314. The zero-order valence-electron chi connectivity index (χ0n) is 12.0. The summed E-state index contributed by atoms with van der Waals surface area (Å²) in [5.74, 6) is 1.72. The van der Waals surface area contributed by atoms with Crippen LogP contribution in [0.4, 0.5) is 17.8 Å². The first-order valence-corrected chi connectivity index (χ1v) is 7.18.